The lowest BCUT2D eigenvalue weighted by molar-refractivity contribution is 0.0735. The standard InChI is InChI=1S/C21H29ClN4O2/c22-16-8-9-19-24-20(21(27)25-10-4-2-1-3-5-11-25)18(26(19)15-16)14-23-13-17-7-6-12-28-17/h8-9,15,17,23H,1-7,10-14H2/t17-/m0/s1. The number of halogens is 1. The van der Waals surface area contributed by atoms with Crippen LogP contribution in [-0.4, -0.2) is 52.5 Å². The highest BCUT2D eigenvalue weighted by atomic mass is 35.5. The molecule has 1 atom stereocenters. The van der Waals surface area contributed by atoms with Gasteiger partial charge in [-0.2, -0.15) is 0 Å². The fourth-order valence-electron chi connectivity index (χ4n) is 4.16. The second-order valence-electron chi connectivity index (χ2n) is 7.81. The summed E-state index contributed by atoms with van der Waals surface area (Å²) in [4.78, 5) is 20.0. The number of hydrogen-bond acceptors (Lipinski definition) is 4. The monoisotopic (exact) mass is 404 g/mol. The highest BCUT2D eigenvalue weighted by molar-refractivity contribution is 6.30. The Morgan fingerprint density at radius 3 is 2.71 bits per heavy atom. The zero-order valence-corrected chi connectivity index (χ0v) is 17.1. The van der Waals surface area contributed by atoms with E-state index in [9.17, 15) is 4.79 Å². The summed E-state index contributed by atoms with van der Waals surface area (Å²) in [5.74, 6) is 0.0376. The maximum atomic E-state index is 13.3. The van der Waals surface area contributed by atoms with Gasteiger partial charge in [-0.3, -0.25) is 4.79 Å². The van der Waals surface area contributed by atoms with Gasteiger partial charge in [0.05, 0.1) is 16.8 Å². The van der Waals surface area contributed by atoms with E-state index in [2.05, 4.69) is 10.3 Å². The van der Waals surface area contributed by atoms with Crippen LogP contribution in [0.4, 0.5) is 0 Å². The van der Waals surface area contributed by atoms with E-state index in [1.807, 2.05) is 27.6 Å². The van der Waals surface area contributed by atoms with Crippen LogP contribution in [0, 0.1) is 0 Å². The van der Waals surface area contributed by atoms with Crippen molar-refractivity contribution in [2.24, 2.45) is 0 Å². The zero-order valence-electron chi connectivity index (χ0n) is 16.3. The van der Waals surface area contributed by atoms with Gasteiger partial charge >= 0.3 is 0 Å². The molecule has 2 saturated heterocycles. The molecule has 7 heteroatoms. The van der Waals surface area contributed by atoms with Gasteiger partial charge < -0.3 is 19.4 Å². The third-order valence-corrected chi connectivity index (χ3v) is 5.94. The Labute approximate surface area is 171 Å². The Kier molecular flexibility index (Phi) is 6.50. The van der Waals surface area contributed by atoms with Gasteiger partial charge in [0, 0.05) is 39.0 Å². The summed E-state index contributed by atoms with van der Waals surface area (Å²) in [5.41, 5.74) is 2.18. The smallest absolute Gasteiger partial charge is 0.274 e. The summed E-state index contributed by atoms with van der Waals surface area (Å²) < 4.78 is 7.64. The number of aromatic nitrogens is 2. The van der Waals surface area contributed by atoms with Gasteiger partial charge in [0.2, 0.25) is 0 Å². The molecule has 0 unspecified atom stereocenters. The number of carbonyl (C=O) groups excluding carboxylic acids is 1. The number of hydrogen-bond donors (Lipinski definition) is 1. The number of imidazole rings is 1. The number of nitrogens with zero attached hydrogens (tertiary/aromatic N) is 3. The first kappa shape index (κ1) is 19.7. The van der Waals surface area contributed by atoms with Gasteiger partial charge in [-0.1, -0.05) is 30.9 Å². The lowest BCUT2D eigenvalue weighted by Crippen LogP contribution is -2.35. The van der Waals surface area contributed by atoms with Crippen molar-refractivity contribution in [3.8, 4) is 0 Å². The molecule has 4 rings (SSSR count). The van der Waals surface area contributed by atoms with Crippen molar-refractivity contribution in [1.82, 2.24) is 19.6 Å². The van der Waals surface area contributed by atoms with E-state index in [4.69, 9.17) is 16.3 Å². The largest absolute Gasteiger partial charge is 0.377 e. The van der Waals surface area contributed by atoms with Crippen molar-refractivity contribution >= 4 is 23.2 Å². The summed E-state index contributed by atoms with van der Waals surface area (Å²) in [6.45, 7) is 3.82. The summed E-state index contributed by atoms with van der Waals surface area (Å²) in [6.07, 6.45) is 10.1. The van der Waals surface area contributed by atoms with Crippen LogP contribution in [-0.2, 0) is 11.3 Å². The van der Waals surface area contributed by atoms with Crippen molar-refractivity contribution in [2.75, 3.05) is 26.2 Å². The van der Waals surface area contributed by atoms with Crippen molar-refractivity contribution in [2.45, 2.75) is 57.6 Å². The van der Waals surface area contributed by atoms with Crippen LogP contribution < -0.4 is 5.32 Å². The topological polar surface area (TPSA) is 58.9 Å². The van der Waals surface area contributed by atoms with Crippen LogP contribution >= 0.6 is 11.6 Å². The number of amides is 1. The Morgan fingerprint density at radius 1 is 1.18 bits per heavy atom. The fraction of sp³-hybridized carbons (Fsp3) is 0.619. The minimum Gasteiger partial charge on any atom is -0.377 e. The Balaban J connectivity index is 1.57. The van der Waals surface area contributed by atoms with Gasteiger partial charge in [-0.15, -0.1) is 0 Å². The van der Waals surface area contributed by atoms with E-state index in [-0.39, 0.29) is 12.0 Å². The maximum absolute atomic E-state index is 13.3. The van der Waals surface area contributed by atoms with E-state index in [0.717, 1.165) is 63.3 Å². The molecule has 0 aromatic carbocycles. The average Bonchev–Trinajstić information content (AvgIpc) is 3.29. The van der Waals surface area contributed by atoms with Gasteiger partial charge in [-0.05, 0) is 37.8 Å². The molecule has 0 spiro atoms. The number of nitrogens with one attached hydrogen (secondary N) is 1. The van der Waals surface area contributed by atoms with Crippen LogP contribution in [0.1, 0.15) is 61.1 Å². The summed E-state index contributed by atoms with van der Waals surface area (Å²) in [7, 11) is 0. The molecule has 2 aliphatic rings. The molecule has 4 heterocycles. The molecule has 1 amide bonds. The fourth-order valence-corrected chi connectivity index (χ4v) is 4.33. The molecular weight excluding hydrogens is 376 g/mol. The van der Waals surface area contributed by atoms with Gasteiger partial charge in [0.1, 0.15) is 5.65 Å². The normalized spacial score (nSPS) is 21.0. The number of fused-ring (bicyclic) bond motifs is 1. The van der Waals surface area contributed by atoms with Crippen molar-refractivity contribution in [1.29, 1.82) is 0 Å². The molecule has 2 aliphatic heterocycles. The van der Waals surface area contributed by atoms with E-state index in [1.165, 1.54) is 19.3 Å². The van der Waals surface area contributed by atoms with Crippen LogP contribution in [0.3, 0.4) is 0 Å². The summed E-state index contributed by atoms with van der Waals surface area (Å²) in [6, 6.07) is 3.69. The van der Waals surface area contributed by atoms with E-state index < -0.39 is 0 Å². The lowest BCUT2D eigenvalue weighted by atomic mass is 10.1. The second-order valence-corrected chi connectivity index (χ2v) is 8.24. The number of ether oxygens (including phenoxy) is 1. The minimum absolute atomic E-state index is 0.0376. The highest BCUT2D eigenvalue weighted by Crippen LogP contribution is 2.20. The molecule has 28 heavy (non-hydrogen) atoms. The predicted molar refractivity (Wildman–Crippen MR) is 110 cm³/mol. The molecule has 0 radical (unpaired) electrons. The van der Waals surface area contributed by atoms with Crippen molar-refractivity contribution in [3.05, 3.63) is 34.7 Å². The second kappa shape index (κ2) is 9.25. The molecule has 2 aromatic heterocycles. The molecule has 0 saturated carbocycles. The molecule has 2 fully saturated rings. The Morgan fingerprint density at radius 2 is 1.96 bits per heavy atom. The maximum Gasteiger partial charge on any atom is 0.274 e. The van der Waals surface area contributed by atoms with Gasteiger partial charge in [-0.25, -0.2) is 4.98 Å². The van der Waals surface area contributed by atoms with Crippen molar-refractivity contribution < 1.29 is 9.53 Å². The van der Waals surface area contributed by atoms with Gasteiger partial charge in [0.15, 0.2) is 5.69 Å². The van der Waals surface area contributed by atoms with Crippen LogP contribution in [0.2, 0.25) is 5.02 Å². The third-order valence-electron chi connectivity index (χ3n) is 5.72. The number of rotatable bonds is 5. The molecule has 152 valence electrons. The van der Waals surface area contributed by atoms with E-state index in [0.29, 0.717) is 17.3 Å². The number of likely N-dealkylation sites (tertiary alicyclic amines) is 1. The first-order valence-corrected chi connectivity index (χ1v) is 10.9. The summed E-state index contributed by atoms with van der Waals surface area (Å²) in [5, 5.41) is 4.10. The van der Waals surface area contributed by atoms with Gasteiger partial charge in [0.25, 0.3) is 5.91 Å². The van der Waals surface area contributed by atoms with Crippen molar-refractivity contribution in [3.63, 3.8) is 0 Å². The molecule has 6 nitrogen and oxygen atoms in total. The molecule has 0 aliphatic carbocycles. The first-order chi connectivity index (χ1) is 13.7. The number of pyridine rings is 1. The minimum atomic E-state index is 0.0376. The van der Waals surface area contributed by atoms with E-state index >= 15 is 0 Å². The van der Waals surface area contributed by atoms with Crippen LogP contribution in [0.5, 0.6) is 0 Å². The highest BCUT2D eigenvalue weighted by Gasteiger charge is 2.25. The summed E-state index contributed by atoms with van der Waals surface area (Å²) >= 11 is 6.22. The SMILES string of the molecule is O=C(c1nc2ccc(Cl)cn2c1CNC[C@@H]1CCCO1)N1CCCCCCC1. The molecule has 0 bridgehead atoms. The van der Waals surface area contributed by atoms with E-state index in [1.54, 1.807) is 0 Å². The number of carbonyl (C=O) groups is 1. The van der Waals surface area contributed by atoms with Crippen LogP contribution in [0.25, 0.3) is 5.65 Å². The Bertz CT molecular complexity index is 808. The third kappa shape index (κ3) is 4.50. The molecular formula is C21H29ClN4O2. The lowest BCUT2D eigenvalue weighted by Gasteiger charge is -2.24. The molecule has 2 aromatic rings. The Hall–Kier alpha value is -1.63. The quantitative estimate of drug-likeness (QED) is 0.826. The predicted octanol–water partition coefficient (Wildman–Crippen LogP) is 3.66. The molecule has 1 N–H and O–H groups in total. The van der Waals surface area contributed by atoms with Crippen LogP contribution in [0.15, 0.2) is 18.3 Å². The first-order valence-electron chi connectivity index (χ1n) is 10.5. The average molecular weight is 405 g/mol. The zero-order chi connectivity index (χ0) is 19.3.